The van der Waals surface area contributed by atoms with Crippen LogP contribution in [0, 0.1) is 13.8 Å². The number of carboxylic acids is 1. The van der Waals surface area contributed by atoms with E-state index in [1.54, 1.807) is 0 Å². The molecule has 2 heterocycles. The summed E-state index contributed by atoms with van der Waals surface area (Å²) in [6, 6.07) is 12.0. The van der Waals surface area contributed by atoms with Crippen molar-refractivity contribution < 1.29 is 14.7 Å². The molecule has 0 saturated carbocycles. The number of hydrogen-bond acceptors (Lipinski definition) is 5. The minimum Gasteiger partial charge on any atom is -0.550 e. The number of thiocarbonyl (C=S) groups is 1. The Morgan fingerprint density at radius 2 is 1.96 bits per heavy atom. The number of carbonyl (C=O) groups excluding carboxylic acids is 2. The van der Waals surface area contributed by atoms with Crippen molar-refractivity contribution in [3.05, 3.63) is 58.3 Å². The number of aryl methyl sites for hydroxylation is 1. The van der Waals surface area contributed by atoms with Gasteiger partial charge in [0, 0.05) is 36.0 Å². The molecular weight excluding hydrogens is 368 g/mol. The van der Waals surface area contributed by atoms with Crippen molar-refractivity contribution in [2.24, 2.45) is 0 Å². The van der Waals surface area contributed by atoms with Crippen LogP contribution in [-0.4, -0.2) is 32.2 Å². The van der Waals surface area contributed by atoms with Crippen LogP contribution in [0.25, 0.3) is 11.8 Å². The number of rotatable bonds is 5. The third-order valence-electron chi connectivity index (χ3n) is 4.18. The van der Waals surface area contributed by atoms with Crippen molar-refractivity contribution >= 4 is 46.3 Å². The van der Waals surface area contributed by atoms with E-state index in [4.69, 9.17) is 12.2 Å². The van der Waals surface area contributed by atoms with Gasteiger partial charge in [-0.15, -0.1) is 0 Å². The lowest BCUT2D eigenvalue weighted by atomic mass is 10.2. The van der Waals surface area contributed by atoms with E-state index < -0.39 is 5.97 Å². The van der Waals surface area contributed by atoms with Crippen molar-refractivity contribution in [1.29, 1.82) is 0 Å². The van der Waals surface area contributed by atoms with Crippen LogP contribution in [0.15, 0.2) is 41.3 Å². The minimum atomic E-state index is -1.20. The van der Waals surface area contributed by atoms with E-state index in [0.717, 1.165) is 22.6 Å². The average molecular weight is 385 g/mol. The molecule has 0 bridgehead atoms. The number of para-hydroxylation sites is 1. The molecule has 0 spiro atoms. The maximum absolute atomic E-state index is 12.5. The molecule has 1 aromatic heterocycles. The monoisotopic (exact) mass is 385 g/mol. The summed E-state index contributed by atoms with van der Waals surface area (Å²) < 4.78 is 2.50. The van der Waals surface area contributed by atoms with E-state index in [9.17, 15) is 14.7 Å². The van der Waals surface area contributed by atoms with Crippen LogP contribution < -0.4 is 5.11 Å². The smallest absolute Gasteiger partial charge is 0.266 e. The Hall–Kier alpha value is -2.38. The first-order valence-electron chi connectivity index (χ1n) is 8.08. The maximum Gasteiger partial charge on any atom is 0.266 e. The number of aliphatic carboxylic acids is 1. The van der Waals surface area contributed by atoms with Crippen LogP contribution in [0.3, 0.4) is 0 Å². The second kappa shape index (κ2) is 7.47. The van der Waals surface area contributed by atoms with Crippen LogP contribution >= 0.6 is 24.0 Å². The summed E-state index contributed by atoms with van der Waals surface area (Å²) in [5, 5.41) is 10.6. The van der Waals surface area contributed by atoms with Crippen LogP contribution in [0.2, 0.25) is 0 Å². The van der Waals surface area contributed by atoms with Crippen LogP contribution in [0.5, 0.6) is 0 Å². The van der Waals surface area contributed by atoms with Gasteiger partial charge in [0.1, 0.15) is 4.32 Å². The second-order valence-corrected chi connectivity index (χ2v) is 7.63. The van der Waals surface area contributed by atoms with Crippen molar-refractivity contribution in [2.45, 2.75) is 20.3 Å². The van der Waals surface area contributed by atoms with Gasteiger partial charge in [-0.25, -0.2) is 0 Å². The van der Waals surface area contributed by atoms with Gasteiger partial charge in [0.05, 0.1) is 4.91 Å². The Kier molecular flexibility index (Phi) is 5.29. The highest BCUT2D eigenvalue weighted by Gasteiger charge is 2.31. The van der Waals surface area contributed by atoms with E-state index in [-0.39, 0.29) is 18.9 Å². The minimum absolute atomic E-state index is 0.0351. The summed E-state index contributed by atoms with van der Waals surface area (Å²) in [6.45, 7) is 4.05. The van der Waals surface area contributed by atoms with Crippen LogP contribution in [-0.2, 0) is 9.59 Å². The zero-order valence-corrected chi connectivity index (χ0v) is 16.0. The Morgan fingerprint density at radius 3 is 2.62 bits per heavy atom. The van der Waals surface area contributed by atoms with Gasteiger partial charge in [-0.05, 0) is 43.7 Å². The molecule has 1 aliphatic rings. The molecule has 1 aliphatic heterocycles. The molecule has 5 nitrogen and oxygen atoms in total. The number of amides is 1. The van der Waals surface area contributed by atoms with Crippen molar-refractivity contribution in [1.82, 2.24) is 9.47 Å². The Balaban J connectivity index is 1.90. The van der Waals surface area contributed by atoms with Gasteiger partial charge < -0.3 is 14.5 Å². The first-order valence-corrected chi connectivity index (χ1v) is 9.30. The second-order valence-electron chi connectivity index (χ2n) is 5.95. The lowest BCUT2D eigenvalue weighted by Crippen LogP contribution is -2.33. The average Bonchev–Trinajstić information content (AvgIpc) is 3.02. The summed E-state index contributed by atoms with van der Waals surface area (Å²) in [7, 11) is 0. The summed E-state index contributed by atoms with van der Waals surface area (Å²) in [5.74, 6) is -1.46. The zero-order valence-electron chi connectivity index (χ0n) is 14.4. The van der Waals surface area contributed by atoms with Gasteiger partial charge in [-0.1, -0.05) is 42.2 Å². The molecule has 0 unspecified atom stereocenters. The molecule has 0 N–H and O–H groups in total. The van der Waals surface area contributed by atoms with E-state index >= 15 is 0 Å². The molecule has 1 aromatic carbocycles. The molecule has 0 atom stereocenters. The van der Waals surface area contributed by atoms with E-state index in [1.807, 2.05) is 56.3 Å². The van der Waals surface area contributed by atoms with Crippen LogP contribution in [0.4, 0.5) is 0 Å². The molecule has 1 saturated heterocycles. The molecule has 3 rings (SSSR count). The standard InChI is InChI=1S/C19H18N2O3S2/c1-12-10-14(13(2)21(12)15-6-4-3-5-7-15)11-16-18(24)20(19(25)26-16)9-8-17(22)23/h3-7,10-11H,8-9H2,1-2H3,(H,22,23)/p-1/b16-11-. The fourth-order valence-corrected chi connectivity index (χ4v) is 4.24. The largest absolute Gasteiger partial charge is 0.550 e. The molecule has 0 aliphatic carbocycles. The fraction of sp³-hybridized carbons (Fsp3) is 0.211. The van der Waals surface area contributed by atoms with Crippen molar-refractivity contribution in [3.63, 3.8) is 0 Å². The van der Waals surface area contributed by atoms with E-state index in [1.165, 1.54) is 16.7 Å². The van der Waals surface area contributed by atoms with Crippen molar-refractivity contribution in [3.8, 4) is 5.69 Å². The SMILES string of the molecule is Cc1cc(/C=C2\SC(=S)N(CCC(=O)[O-])C2=O)c(C)n1-c1ccccc1. The highest BCUT2D eigenvalue weighted by atomic mass is 32.2. The molecule has 134 valence electrons. The number of carboxylic acid groups (broad SMARTS) is 1. The molecule has 0 radical (unpaired) electrons. The molecule has 1 fully saturated rings. The highest BCUT2D eigenvalue weighted by Crippen LogP contribution is 2.34. The lowest BCUT2D eigenvalue weighted by molar-refractivity contribution is -0.305. The molecular formula is C19H17N2O3S2-. The topological polar surface area (TPSA) is 65.4 Å². The summed E-state index contributed by atoms with van der Waals surface area (Å²) >= 11 is 6.41. The molecule has 7 heteroatoms. The predicted octanol–water partition coefficient (Wildman–Crippen LogP) is 2.44. The maximum atomic E-state index is 12.5. The van der Waals surface area contributed by atoms with Gasteiger partial charge in [0.2, 0.25) is 0 Å². The van der Waals surface area contributed by atoms with Crippen LogP contribution in [0.1, 0.15) is 23.4 Å². The highest BCUT2D eigenvalue weighted by molar-refractivity contribution is 8.26. The third kappa shape index (κ3) is 3.59. The Morgan fingerprint density at radius 1 is 1.27 bits per heavy atom. The number of carbonyl (C=O) groups is 2. The Labute approximate surface area is 161 Å². The van der Waals surface area contributed by atoms with E-state index in [2.05, 4.69) is 4.57 Å². The summed E-state index contributed by atoms with van der Waals surface area (Å²) in [6.07, 6.45) is 1.59. The summed E-state index contributed by atoms with van der Waals surface area (Å²) in [5.41, 5.74) is 4.08. The number of nitrogens with zero attached hydrogens (tertiary/aromatic N) is 2. The normalized spacial score (nSPS) is 15.9. The van der Waals surface area contributed by atoms with Gasteiger partial charge in [0.15, 0.2) is 0 Å². The number of benzene rings is 1. The number of aromatic nitrogens is 1. The Bertz CT molecular complexity index is 916. The molecule has 26 heavy (non-hydrogen) atoms. The molecule has 1 amide bonds. The van der Waals surface area contributed by atoms with Gasteiger partial charge in [-0.3, -0.25) is 9.69 Å². The van der Waals surface area contributed by atoms with Gasteiger partial charge in [-0.2, -0.15) is 0 Å². The third-order valence-corrected chi connectivity index (χ3v) is 5.56. The molecule has 2 aromatic rings. The first-order chi connectivity index (χ1) is 12.4. The zero-order chi connectivity index (χ0) is 18.8. The number of thioether (sulfide) groups is 1. The van der Waals surface area contributed by atoms with E-state index in [0.29, 0.717) is 9.23 Å². The lowest BCUT2D eigenvalue weighted by Gasteiger charge is -2.14. The summed E-state index contributed by atoms with van der Waals surface area (Å²) in [4.78, 5) is 25.0. The number of hydrogen-bond donors (Lipinski definition) is 0. The predicted molar refractivity (Wildman–Crippen MR) is 105 cm³/mol. The quantitative estimate of drug-likeness (QED) is 0.584. The van der Waals surface area contributed by atoms with Crippen molar-refractivity contribution in [2.75, 3.05) is 6.54 Å². The van der Waals surface area contributed by atoms with Gasteiger partial charge in [0.25, 0.3) is 5.91 Å². The first kappa shape index (κ1) is 18.4. The fourth-order valence-electron chi connectivity index (χ4n) is 2.95. The van der Waals surface area contributed by atoms with Gasteiger partial charge >= 0.3 is 0 Å².